The first kappa shape index (κ1) is 18.4. The molecule has 0 spiro atoms. The Labute approximate surface area is 151 Å². The molecule has 0 fully saturated rings. The van der Waals surface area contributed by atoms with Crippen molar-refractivity contribution in [2.45, 2.75) is 13.0 Å². The van der Waals surface area contributed by atoms with Crippen LogP contribution in [0.1, 0.15) is 22.0 Å². The minimum Gasteiger partial charge on any atom is -0.370 e. The van der Waals surface area contributed by atoms with Crippen LogP contribution in [0, 0.1) is 17.0 Å². The van der Waals surface area contributed by atoms with Crippen molar-refractivity contribution < 1.29 is 14.3 Å². The number of nitrogens with zero attached hydrogens (tertiary/aromatic N) is 2. The van der Waals surface area contributed by atoms with Crippen LogP contribution in [0.15, 0.2) is 61.4 Å². The van der Waals surface area contributed by atoms with Crippen LogP contribution in [0.4, 0.5) is 5.69 Å². The van der Waals surface area contributed by atoms with Crippen molar-refractivity contribution in [3.63, 3.8) is 0 Å². The van der Waals surface area contributed by atoms with Crippen molar-refractivity contribution in [1.82, 2.24) is 5.32 Å². The lowest BCUT2D eigenvalue weighted by Gasteiger charge is -2.14. The maximum Gasteiger partial charge on any atom is 0.270 e. The fourth-order valence-corrected chi connectivity index (χ4v) is 2.68. The van der Waals surface area contributed by atoms with Crippen molar-refractivity contribution in [2.75, 3.05) is 6.54 Å². The molecule has 0 aliphatic heterocycles. The summed E-state index contributed by atoms with van der Waals surface area (Å²) in [6, 6.07) is 8.59. The molecule has 0 radical (unpaired) electrons. The number of pyridine rings is 1. The zero-order valence-electron chi connectivity index (χ0n) is 13.7. The number of nitro groups is 1. The summed E-state index contributed by atoms with van der Waals surface area (Å²) in [4.78, 5) is 23.8. The molecule has 2 aromatic rings. The van der Waals surface area contributed by atoms with Gasteiger partial charge in [-0.05, 0) is 13.0 Å². The molecule has 0 amide bonds. The number of nitro benzene ring substituents is 1. The number of Topliss-reactive ketones (excluding diaryl/α,β-unsaturated/α-hetero) is 1. The van der Waals surface area contributed by atoms with Gasteiger partial charge in [0.05, 0.1) is 4.92 Å². The first-order chi connectivity index (χ1) is 11.9. The fourth-order valence-electron chi connectivity index (χ4n) is 2.37. The molecule has 0 aliphatic carbocycles. The third kappa shape index (κ3) is 4.54. The van der Waals surface area contributed by atoms with Crippen LogP contribution in [0.25, 0.3) is 0 Å². The lowest BCUT2D eigenvalue weighted by Crippen LogP contribution is -2.51. The summed E-state index contributed by atoms with van der Waals surface area (Å²) in [6.07, 6.45) is 5.19. The molecule has 0 aliphatic rings. The molecular weight excluding hydrogens is 338 g/mol. The number of rotatable bonds is 7. The molecule has 0 unspecified atom stereocenters. The van der Waals surface area contributed by atoms with E-state index >= 15 is 0 Å². The van der Waals surface area contributed by atoms with E-state index in [0.717, 1.165) is 5.56 Å². The Bertz CT molecular complexity index is 836. The standard InChI is InChI=1S/C18H17N3O3S/c1-3-9-19-18(25)16(20-10-5-6-13(2)12-20)17(22)14-7-4-8-15(11-14)21(23)24/h3-8,10-12,16H,1,9H2,2H3/p+1/t16-/m1/s1. The van der Waals surface area contributed by atoms with Crippen molar-refractivity contribution >= 4 is 28.7 Å². The van der Waals surface area contributed by atoms with Gasteiger partial charge < -0.3 is 5.32 Å². The Morgan fingerprint density at radius 1 is 1.44 bits per heavy atom. The number of hydrogen-bond donors (Lipinski definition) is 1. The minimum absolute atomic E-state index is 0.135. The Balaban J connectivity index is 2.45. The van der Waals surface area contributed by atoms with E-state index in [9.17, 15) is 14.9 Å². The summed E-state index contributed by atoms with van der Waals surface area (Å²) < 4.78 is 1.70. The predicted molar refractivity (Wildman–Crippen MR) is 98.6 cm³/mol. The van der Waals surface area contributed by atoms with E-state index in [1.807, 2.05) is 25.3 Å². The number of ketones is 1. The van der Waals surface area contributed by atoms with E-state index in [4.69, 9.17) is 12.2 Å². The SMILES string of the molecule is C=CCNC(=S)[C@@H](C(=O)c1cccc([N+](=O)[O-])c1)[n+]1cccc(C)c1. The Hall–Kier alpha value is -2.93. The van der Waals surface area contributed by atoms with Gasteiger partial charge in [0, 0.05) is 35.9 Å². The second kappa shape index (κ2) is 8.25. The molecule has 7 heteroatoms. The van der Waals surface area contributed by atoms with E-state index in [1.165, 1.54) is 18.2 Å². The van der Waals surface area contributed by atoms with Gasteiger partial charge in [0.25, 0.3) is 11.7 Å². The predicted octanol–water partition coefficient (Wildman–Crippen LogP) is 2.72. The highest BCUT2D eigenvalue weighted by atomic mass is 32.1. The van der Waals surface area contributed by atoms with E-state index in [1.54, 1.807) is 22.9 Å². The number of carbonyl (C=O) groups is 1. The summed E-state index contributed by atoms with van der Waals surface area (Å²) in [5.41, 5.74) is 1.06. The Kier molecular flexibility index (Phi) is 6.08. The highest BCUT2D eigenvalue weighted by molar-refractivity contribution is 7.80. The van der Waals surface area contributed by atoms with Crippen molar-refractivity contribution in [1.29, 1.82) is 0 Å². The van der Waals surface area contributed by atoms with Crippen LogP contribution in [0.3, 0.4) is 0 Å². The Morgan fingerprint density at radius 2 is 2.20 bits per heavy atom. The largest absolute Gasteiger partial charge is 0.370 e. The number of benzene rings is 1. The maximum absolute atomic E-state index is 13.0. The van der Waals surface area contributed by atoms with Crippen LogP contribution >= 0.6 is 12.2 Å². The van der Waals surface area contributed by atoms with Gasteiger partial charge in [-0.2, -0.15) is 4.57 Å². The third-order valence-electron chi connectivity index (χ3n) is 3.53. The van der Waals surface area contributed by atoms with Gasteiger partial charge in [-0.1, -0.05) is 30.4 Å². The number of aromatic nitrogens is 1. The summed E-state index contributed by atoms with van der Waals surface area (Å²) in [5.74, 6) is -0.319. The van der Waals surface area contributed by atoms with Crippen molar-refractivity contribution in [3.05, 3.63) is 82.7 Å². The van der Waals surface area contributed by atoms with Gasteiger partial charge in [-0.3, -0.25) is 14.9 Å². The van der Waals surface area contributed by atoms with Gasteiger partial charge in [-0.25, -0.2) is 0 Å². The maximum atomic E-state index is 13.0. The number of thiocarbonyl (C=S) groups is 1. The number of hydrogen-bond acceptors (Lipinski definition) is 4. The molecule has 1 N–H and O–H groups in total. The minimum atomic E-state index is -0.795. The number of aryl methyl sites for hydroxylation is 1. The topological polar surface area (TPSA) is 76.1 Å². The highest BCUT2D eigenvalue weighted by Crippen LogP contribution is 2.17. The first-order valence-corrected chi connectivity index (χ1v) is 7.99. The van der Waals surface area contributed by atoms with Gasteiger partial charge in [0.2, 0.25) is 5.78 Å². The van der Waals surface area contributed by atoms with Gasteiger partial charge in [0.1, 0.15) is 0 Å². The summed E-state index contributed by atoms with van der Waals surface area (Å²) in [6.45, 7) is 5.95. The third-order valence-corrected chi connectivity index (χ3v) is 3.89. The zero-order chi connectivity index (χ0) is 18.4. The number of non-ortho nitro benzene ring substituents is 1. The average Bonchev–Trinajstić information content (AvgIpc) is 2.60. The quantitative estimate of drug-likeness (QED) is 0.206. The molecular formula is C18H18N3O3S+. The first-order valence-electron chi connectivity index (χ1n) is 7.58. The van der Waals surface area contributed by atoms with Gasteiger partial charge in [-0.15, -0.1) is 6.58 Å². The molecule has 6 nitrogen and oxygen atoms in total. The fraction of sp³-hybridized carbons (Fsp3) is 0.167. The number of nitrogens with one attached hydrogen (secondary N) is 1. The molecule has 1 aromatic heterocycles. The van der Waals surface area contributed by atoms with Crippen LogP contribution in [-0.4, -0.2) is 22.2 Å². The second-order valence-electron chi connectivity index (χ2n) is 5.44. The molecule has 0 saturated heterocycles. The van der Waals surface area contributed by atoms with E-state index in [0.29, 0.717) is 11.5 Å². The van der Waals surface area contributed by atoms with Crippen LogP contribution in [-0.2, 0) is 0 Å². The van der Waals surface area contributed by atoms with Gasteiger partial charge in [0.15, 0.2) is 17.4 Å². The number of carbonyl (C=O) groups excluding carboxylic acids is 1. The molecule has 1 atom stereocenters. The van der Waals surface area contributed by atoms with E-state index in [-0.39, 0.29) is 17.0 Å². The molecule has 2 rings (SSSR count). The second-order valence-corrected chi connectivity index (χ2v) is 5.88. The molecule has 128 valence electrons. The van der Waals surface area contributed by atoms with Crippen molar-refractivity contribution in [2.24, 2.45) is 0 Å². The van der Waals surface area contributed by atoms with Crippen LogP contribution in [0.5, 0.6) is 0 Å². The van der Waals surface area contributed by atoms with E-state index in [2.05, 4.69) is 11.9 Å². The molecule has 0 bridgehead atoms. The van der Waals surface area contributed by atoms with Crippen LogP contribution < -0.4 is 9.88 Å². The summed E-state index contributed by atoms with van der Waals surface area (Å²) in [5, 5.41) is 14.0. The molecule has 25 heavy (non-hydrogen) atoms. The van der Waals surface area contributed by atoms with Gasteiger partial charge >= 0.3 is 0 Å². The molecule has 1 heterocycles. The lowest BCUT2D eigenvalue weighted by molar-refractivity contribution is -0.692. The Morgan fingerprint density at radius 3 is 2.84 bits per heavy atom. The van der Waals surface area contributed by atoms with Crippen molar-refractivity contribution in [3.8, 4) is 0 Å². The highest BCUT2D eigenvalue weighted by Gasteiger charge is 2.33. The summed E-state index contributed by atoms with van der Waals surface area (Å²) in [7, 11) is 0. The van der Waals surface area contributed by atoms with E-state index < -0.39 is 11.0 Å². The van der Waals surface area contributed by atoms with Crippen LogP contribution in [0.2, 0.25) is 0 Å². The lowest BCUT2D eigenvalue weighted by atomic mass is 10.0. The monoisotopic (exact) mass is 356 g/mol. The smallest absolute Gasteiger partial charge is 0.270 e. The summed E-state index contributed by atoms with van der Waals surface area (Å²) >= 11 is 5.39. The normalized spacial score (nSPS) is 11.4. The zero-order valence-corrected chi connectivity index (χ0v) is 14.5. The molecule has 0 saturated carbocycles. The average molecular weight is 356 g/mol. The molecule has 1 aromatic carbocycles.